The minimum Gasteiger partial charge on any atom is -0.382 e. The molecule has 1 atom stereocenters. The third-order valence-corrected chi connectivity index (χ3v) is 2.81. The van der Waals surface area contributed by atoms with Crippen LogP contribution in [0.5, 0.6) is 0 Å². The highest BCUT2D eigenvalue weighted by Gasteiger charge is 2.24. The van der Waals surface area contributed by atoms with Gasteiger partial charge in [0.25, 0.3) is 0 Å². The van der Waals surface area contributed by atoms with Crippen LogP contribution in [0.3, 0.4) is 0 Å². The van der Waals surface area contributed by atoms with E-state index in [0.717, 1.165) is 6.42 Å². The van der Waals surface area contributed by atoms with E-state index in [-0.39, 0.29) is 11.7 Å². The molecule has 1 aromatic rings. The lowest BCUT2D eigenvalue weighted by Crippen LogP contribution is -2.33. The molecular formula is C12H20N4O4. The Labute approximate surface area is 117 Å². The van der Waals surface area contributed by atoms with Gasteiger partial charge >= 0.3 is 5.82 Å². The third kappa shape index (κ3) is 4.30. The number of aryl methyl sites for hydroxylation is 1. The van der Waals surface area contributed by atoms with Gasteiger partial charge in [0.05, 0.1) is 16.9 Å². The molecule has 0 aliphatic heterocycles. The van der Waals surface area contributed by atoms with E-state index in [0.29, 0.717) is 25.5 Å². The number of nitrogens with zero attached hydrogens (tertiary/aromatic N) is 3. The molecule has 0 fully saturated rings. The minimum atomic E-state index is -0.587. The van der Waals surface area contributed by atoms with Crippen LogP contribution in [0.25, 0.3) is 0 Å². The van der Waals surface area contributed by atoms with E-state index in [1.165, 1.54) is 10.7 Å². The van der Waals surface area contributed by atoms with Crippen molar-refractivity contribution in [1.82, 2.24) is 15.1 Å². The van der Waals surface area contributed by atoms with Gasteiger partial charge in [0.15, 0.2) is 0 Å². The Bertz CT molecular complexity index is 472. The number of carbonyl (C=O) groups is 1. The summed E-state index contributed by atoms with van der Waals surface area (Å²) in [6.45, 7) is 7.00. The maximum absolute atomic E-state index is 11.9. The maximum atomic E-state index is 11.9. The molecule has 0 saturated heterocycles. The highest BCUT2D eigenvalue weighted by Crippen LogP contribution is 2.15. The minimum absolute atomic E-state index is 0.220. The van der Waals surface area contributed by atoms with Crippen molar-refractivity contribution in [2.24, 2.45) is 0 Å². The van der Waals surface area contributed by atoms with Gasteiger partial charge in [0.1, 0.15) is 6.04 Å². The molecule has 1 N–H and O–H groups in total. The zero-order chi connectivity index (χ0) is 15.1. The van der Waals surface area contributed by atoms with Crippen molar-refractivity contribution in [2.45, 2.75) is 33.2 Å². The van der Waals surface area contributed by atoms with E-state index in [2.05, 4.69) is 10.4 Å². The smallest absolute Gasteiger partial charge is 0.382 e. The summed E-state index contributed by atoms with van der Waals surface area (Å²) in [5.74, 6) is -0.471. The van der Waals surface area contributed by atoms with E-state index in [1.54, 1.807) is 13.8 Å². The van der Waals surface area contributed by atoms with Crippen molar-refractivity contribution in [1.29, 1.82) is 0 Å². The lowest BCUT2D eigenvalue weighted by atomic mass is 10.3. The lowest BCUT2D eigenvalue weighted by molar-refractivity contribution is -0.389. The Balaban J connectivity index is 2.54. The van der Waals surface area contributed by atoms with Gasteiger partial charge in [-0.2, -0.15) is 4.68 Å². The van der Waals surface area contributed by atoms with Crippen molar-refractivity contribution in [3.05, 3.63) is 21.9 Å². The van der Waals surface area contributed by atoms with Crippen LogP contribution in [-0.4, -0.2) is 40.4 Å². The van der Waals surface area contributed by atoms with E-state index >= 15 is 0 Å². The van der Waals surface area contributed by atoms with E-state index in [9.17, 15) is 14.9 Å². The molecule has 1 amide bonds. The van der Waals surface area contributed by atoms with Crippen LogP contribution < -0.4 is 5.32 Å². The van der Waals surface area contributed by atoms with Crippen LogP contribution in [-0.2, 0) is 9.53 Å². The molecule has 0 bridgehead atoms. The first kappa shape index (κ1) is 16.1. The molecule has 0 spiro atoms. The molecule has 0 aliphatic rings. The molecular weight excluding hydrogens is 264 g/mol. The van der Waals surface area contributed by atoms with Crippen molar-refractivity contribution in [3.63, 3.8) is 0 Å². The monoisotopic (exact) mass is 284 g/mol. The standard InChI is InChI=1S/C12H20N4O4/c1-4-20-7-5-6-13-12(17)10(3)15-9(2)8-11(14-15)16(18)19/h8,10H,4-7H2,1-3H3,(H,13,17). The maximum Gasteiger partial charge on any atom is 0.390 e. The fraction of sp³-hybridized carbons (Fsp3) is 0.667. The fourth-order valence-electron chi connectivity index (χ4n) is 1.74. The number of carbonyl (C=O) groups excluding carboxylic acids is 1. The lowest BCUT2D eigenvalue weighted by Gasteiger charge is -2.11. The molecule has 1 aromatic heterocycles. The average molecular weight is 284 g/mol. The number of hydrogen-bond acceptors (Lipinski definition) is 5. The van der Waals surface area contributed by atoms with Crippen LogP contribution >= 0.6 is 0 Å². The van der Waals surface area contributed by atoms with Gasteiger partial charge in [-0.25, -0.2) is 0 Å². The molecule has 1 heterocycles. The Kier molecular flexibility index (Phi) is 6.10. The summed E-state index contributed by atoms with van der Waals surface area (Å²) in [5.41, 5.74) is 0.577. The normalized spacial score (nSPS) is 12.2. The highest BCUT2D eigenvalue weighted by molar-refractivity contribution is 5.79. The first-order valence-corrected chi connectivity index (χ1v) is 6.53. The SMILES string of the molecule is CCOCCCNC(=O)C(C)n1nc([N+](=O)[O-])cc1C. The third-order valence-electron chi connectivity index (χ3n) is 2.81. The second kappa shape index (κ2) is 7.59. The number of nitro groups is 1. The molecule has 8 nitrogen and oxygen atoms in total. The summed E-state index contributed by atoms with van der Waals surface area (Å²) in [6, 6.07) is 0.759. The van der Waals surface area contributed by atoms with Gasteiger partial charge in [-0.15, -0.1) is 0 Å². The van der Waals surface area contributed by atoms with Crippen molar-refractivity contribution in [3.8, 4) is 0 Å². The van der Waals surface area contributed by atoms with E-state index in [1.807, 2.05) is 6.92 Å². The molecule has 0 saturated carbocycles. The quantitative estimate of drug-likeness (QED) is 0.439. The Morgan fingerprint density at radius 1 is 1.65 bits per heavy atom. The summed E-state index contributed by atoms with van der Waals surface area (Å²) in [6.07, 6.45) is 0.727. The van der Waals surface area contributed by atoms with Gasteiger partial charge in [-0.1, -0.05) is 0 Å². The van der Waals surface area contributed by atoms with Crippen molar-refractivity contribution in [2.75, 3.05) is 19.8 Å². The van der Waals surface area contributed by atoms with Crippen LogP contribution in [0.4, 0.5) is 5.82 Å². The van der Waals surface area contributed by atoms with Crippen LogP contribution in [0, 0.1) is 17.0 Å². The summed E-state index contributed by atoms with van der Waals surface area (Å²) < 4.78 is 6.52. The van der Waals surface area contributed by atoms with Gasteiger partial charge in [0.2, 0.25) is 5.91 Å². The largest absolute Gasteiger partial charge is 0.390 e. The van der Waals surface area contributed by atoms with Crippen LogP contribution in [0.1, 0.15) is 32.0 Å². The summed E-state index contributed by atoms with van der Waals surface area (Å²) in [4.78, 5) is 22.0. The molecule has 0 aromatic carbocycles. The van der Waals surface area contributed by atoms with E-state index in [4.69, 9.17) is 4.74 Å². The van der Waals surface area contributed by atoms with E-state index < -0.39 is 11.0 Å². The molecule has 112 valence electrons. The summed E-state index contributed by atoms with van der Waals surface area (Å²) in [7, 11) is 0. The van der Waals surface area contributed by atoms with Crippen molar-refractivity contribution < 1.29 is 14.5 Å². The number of aromatic nitrogens is 2. The first-order chi connectivity index (χ1) is 9.47. The Morgan fingerprint density at radius 3 is 2.90 bits per heavy atom. The number of nitrogens with one attached hydrogen (secondary N) is 1. The van der Waals surface area contributed by atoms with Crippen LogP contribution in [0.2, 0.25) is 0 Å². The fourth-order valence-corrected chi connectivity index (χ4v) is 1.74. The number of rotatable bonds is 8. The molecule has 1 rings (SSSR count). The van der Waals surface area contributed by atoms with Crippen molar-refractivity contribution >= 4 is 11.7 Å². The summed E-state index contributed by atoms with van der Waals surface area (Å²) >= 11 is 0. The molecule has 1 unspecified atom stereocenters. The number of ether oxygens (including phenoxy) is 1. The number of hydrogen-bond donors (Lipinski definition) is 1. The predicted octanol–water partition coefficient (Wildman–Crippen LogP) is 1.20. The van der Waals surface area contributed by atoms with Gasteiger partial charge < -0.3 is 20.2 Å². The average Bonchev–Trinajstić information content (AvgIpc) is 2.79. The predicted molar refractivity (Wildman–Crippen MR) is 72.4 cm³/mol. The Morgan fingerprint density at radius 2 is 2.35 bits per heavy atom. The Hall–Kier alpha value is -1.96. The molecule has 20 heavy (non-hydrogen) atoms. The molecule has 0 radical (unpaired) electrons. The number of amides is 1. The summed E-state index contributed by atoms with van der Waals surface area (Å²) in [5, 5.41) is 17.2. The first-order valence-electron chi connectivity index (χ1n) is 6.53. The zero-order valence-corrected chi connectivity index (χ0v) is 12.0. The second-order valence-electron chi connectivity index (χ2n) is 4.36. The van der Waals surface area contributed by atoms with Crippen LogP contribution in [0.15, 0.2) is 6.07 Å². The second-order valence-corrected chi connectivity index (χ2v) is 4.36. The van der Waals surface area contributed by atoms with Gasteiger partial charge in [0, 0.05) is 19.8 Å². The van der Waals surface area contributed by atoms with Gasteiger partial charge in [-0.05, 0) is 32.1 Å². The topological polar surface area (TPSA) is 99.3 Å². The zero-order valence-electron chi connectivity index (χ0n) is 12.0. The highest BCUT2D eigenvalue weighted by atomic mass is 16.6. The molecule has 8 heteroatoms. The van der Waals surface area contributed by atoms with Gasteiger partial charge in [-0.3, -0.25) is 4.79 Å². The molecule has 0 aliphatic carbocycles.